The van der Waals surface area contributed by atoms with Crippen LogP contribution in [0.5, 0.6) is 11.8 Å². The highest BCUT2D eigenvalue weighted by atomic mass is 79.9. The van der Waals surface area contributed by atoms with Gasteiger partial charge in [-0.3, -0.25) is 4.79 Å². The number of hydrogen-bond acceptors (Lipinski definition) is 6. The summed E-state index contributed by atoms with van der Waals surface area (Å²) in [5.74, 6) is 0.944. The molecule has 23 heavy (non-hydrogen) atoms. The van der Waals surface area contributed by atoms with Crippen molar-refractivity contribution in [1.82, 2.24) is 15.1 Å². The van der Waals surface area contributed by atoms with Gasteiger partial charge in [0.1, 0.15) is 6.10 Å². The number of likely N-dealkylation sites (tertiary alicyclic amines) is 1. The van der Waals surface area contributed by atoms with Crippen molar-refractivity contribution < 1.29 is 14.3 Å². The molecule has 0 aromatic carbocycles. The third kappa shape index (κ3) is 4.00. The van der Waals surface area contributed by atoms with Gasteiger partial charge >= 0.3 is 0 Å². The van der Waals surface area contributed by atoms with E-state index in [2.05, 4.69) is 26.1 Å². The summed E-state index contributed by atoms with van der Waals surface area (Å²) in [6, 6.07) is 5.28. The fourth-order valence-corrected chi connectivity index (χ4v) is 3.84. The molecule has 3 heterocycles. The second kappa shape index (κ2) is 7.27. The Balaban J connectivity index is 1.62. The zero-order chi connectivity index (χ0) is 16.2. The molecular weight excluding hydrogens is 382 g/mol. The van der Waals surface area contributed by atoms with Crippen LogP contribution in [0, 0.1) is 0 Å². The molecule has 2 aromatic heterocycles. The molecule has 3 rings (SSSR count). The van der Waals surface area contributed by atoms with Crippen LogP contribution in [0.4, 0.5) is 0 Å². The molecule has 122 valence electrons. The number of piperidine rings is 1. The second-order valence-electron chi connectivity index (χ2n) is 5.18. The van der Waals surface area contributed by atoms with Gasteiger partial charge in [0.25, 0.3) is 5.91 Å². The molecule has 0 bridgehead atoms. The Morgan fingerprint density at radius 2 is 2.17 bits per heavy atom. The topological polar surface area (TPSA) is 64.6 Å². The highest BCUT2D eigenvalue weighted by Gasteiger charge is 2.26. The van der Waals surface area contributed by atoms with E-state index < -0.39 is 0 Å². The first-order valence-electron chi connectivity index (χ1n) is 7.23. The summed E-state index contributed by atoms with van der Waals surface area (Å²) in [6.07, 6.45) is 1.73. The van der Waals surface area contributed by atoms with Gasteiger partial charge in [0.05, 0.1) is 18.5 Å². The lowest BCUT2D eigenvalue weighted by Gasteiger charge is -2.32. The van der Waals surface area contributed by atoms with E-state index in [9.17, 15) is 4.79 Å². The number of nitrogens with zero attached hydrogens (tertiary/aromatic N) is 3. The molecule has 1 aliphatic heterocycles. The van der Waals surface area contributed by atoms with Crippen LogP contribution in [0.2, 0.25) is 0 Å². The van der Waals surface area contributed by atoms with Gasteiger partial charge in [0.15, 0.2) is 0 Å². The molecule has 0 N–H and O–H groups in total. The number of aromatic nitrogens is 2. The smallest absolute Gasteiger partial charge is 0.264 e. The number of thiophene rings is 1. The molecule has 1 unspecified atom stereocenters. The lowest BCUT2D eigenvalue weighted by Crippen LogP contribution is -2.44. The highest BCUT2D eigenvalue weighted by Crippen LogP contribution is 2.24. The normalized spacial score (nSPS) is 17.8. The standard InChI is InChI=1S/C15H16BrN3O3S/c1-21-13-4-5-14(18-17-13)22-11-3-2-6-19(8-11)15(20)12-7-10(16)9-23-12/h4-5,7,9,11H,2-3,6,8H2,1H3. The molecular formula is C15H16BrN3O3S. The number of carbonyl (C=O) groups excluding carboxylic acids is 1. The highest BCUT2D eigenvalue weighted by molar-refractivity contribution is 9.10. The van der Waals surface area contributed by atoms with E-state index >= 15 is 0 Å². The maximum Gasteiger partial charge on any atom is 0.264 e. The minimum absolute atomic E-state index is 0.0508. The molecule has 1 fully saturated rings. The van der Waals surface area contributed by atoms with Crippen molar-refractivity contribution in [2.45, 2.75) is 18.9 Å². The Bertz CT molecular complexity index is 677. The van der Waals surface area contributed by atoms with Crippen LogP contribution in [0.3, 0.4) is 0 Å². The molecule has 6 nitrogen and oxygen atoms in total. The number of carbonyl (C=O) groups is 1. The summed E-state index contributed by atoms with van der Waals surface area (Å²) < 4.78 is 11.8. The van der Waals surface area contributed by atoms with Gasteiger partial charge in [-0.1, -0.05) is 0 Å². The van der Waals surface area contributed by atoms with Gasteiger partial charge in [0.2, 0.25) is 11.8 Å². The summed E-state index contributed by atoms with van der Waals surface area (Å²) in [5.41, 5.74) is 0. The van der Waals surface area contributed by atoms with Gasteiger partial charge in [-0.2, -0.15) is 0 Å². The van der Waals surface area contributed by atoms with Crippen molar-refractivity contribution in [3.05, 3.63) is 32.9 Å². The van der Waals surface area contributed by atoms with Gasteiger partial charge < -0.3 is 14.4 Å². The van der Waals surface area contributed by atoms with Crippen LogP contribution in [0.1, 0.15) is 22.5 Å². The third-order valence-corrected chi connectivity index (χ3v) is 5.23. The van der Waals surface area contributed by atoms with E-state index in [1.165, 1.54) is 18.4 Å². The van der Waals surface area contributed by atoms with Crippen molar-refractivity contribution in [2.75, 3.05) is 20.2 Å². The van der Waals surface area contributed by atoms with Gasteiger partial charge in [-0.25, -0.2) is 0 Å². The molecule has 0 spiro atoms. The fraction of sp³-hybridized carbons (Fsp3) is 0.400. The van der Waals surface area contributed by atoms with E-state index in [-0.39, 0.29) is 12.0 Å². The van der Waals surface area contributed by atoms with Gasteiger partial charge in [-0.15, -0.1) is 21.5 Å². The number of rotatable bonds is 4. The van der Waals surface area contributed by atoms with Crippen LogP contribution in [0.15, 0.2) is 28.1 Å². The Morgan fingerprint density at radius 1 is 1.39 bits per heavy atom. The Hall–Kier alpha value is -1.67. The largest absolute Gasteiger partial charge is 0.480 e. The van der Waals surface area contributed by atoms with Crippen molar-refractivity contribution in [3.8, 4) is 11.8 Å². The lowest BCUT2D eigenvalue weighted by molar-refractivity contribution is 0.0529. The minimum Gasteiger partial charge on any atom is -0.480 e. The number of ether oxygens (including phenoxy) is 2. The maximum absolute atomic E-state index is 12.5. The van der Waals surface area contributed by atoms with Crippen molar-refractivity contribution >= 4 is 33.2 Å². The Kier molecular flexibility index (Phi) is 5.12. The summed E-state index contributed by atoms with van der Waals surface area (Å²) in [6.45, 7) is 1.31. The zero-order valence-corrected chi connectivity index (χ0v) is 15.0. The Labute approximate surface area is 146 Å². The van der Waals surface area contributed by atoms with E-state index in [0.29, 0.717) is 18.3 Å². The van der Waals surface area contributed by atoms with E-state index in [1.807, 2.05) is 16.3 Å². The number of methoxy groups -OCH3 is 1. The molecule has 0 aliphatic carbocycles. The predicted molar refractivity (Wildman–Crippen MR) is 90.2 cm³/mol. The molecule has 1 aliphatic rings. The van der Waals surface area contributed by atoms with E-state index in [0.717, 1.165) is 28.7 Å². The molecule has 0 radical (unpaired) electrons. The van der Waals surface area contributed by atoms with Gasteiger partial charge in [0, 0.05) is 28.5 Å². The van der Waals surface area contributed by atoms with Crippen LogP contribution in [0.25, 0.3) is 0 Å². The maximum atomic E-state index is 12.5. The van der Waals surface area contributed by atoms with E-state index in [4.69, 9.17) is 9.47 Å². The summed E-state index contributed by atoms with van der Waals surface area (Å²) in [5, 5.41) is 9.77. The Morgan fingerprint density at radius 3 is 2.83 bits per heavy atom. The quantitative estimate of drug-likeness (QED) is 0.793. The molecule has 0 saturated carbocycles. The second-order valence-corrected chi connectivity index (χ2v) is 7.00. The first-order chi connectivity index (χ1) is 11.2. The number of amides is 1. The molecule has 1 amide bonds. The predicted octanol–water partition coefficient (Wildman–Crippen LogP) is 2.99. The summed E-state index contributed by atoms with van der Waals surface area (Å²) in [4.78, 5) is 15.1. The van der Waals surface area contributed by atoms with Crippen LogP contribution in [-0.2, 0) is 0 Å². The first-order valence-corrected chi connectivity index (χ1v) is 8.90. The zero-order valence-electron chi connectivity index (χ0n) is 12.6. The number of hydrogen-bond donors (Lipinski definition) is 0. The van der Waals surface area contributed by atoms with Crippen molar-refractivity contribution in [2.24, 2.45) is 0 Å². The van der Waals surface area contributed by atoms with Crippen LogP contribution in [-0.4, -0.2) is 47.3 Å². The minimum atomic E-state index is -0.0706. The van der Waals surface area contributed by atoms with Crippen molar-refractivity contribution in [1.29, 1.82) is 0 Å². The SMILES string of the molecule is COc1ccc(OC2CCCN(C(=O)c3cc(Br)cs3)C2)nn1. The first kappa shape index (κ1) is 16.2. The summed E-state index contributed by atoms with van der Waals surface area (Å²) >= 11 is 4.83. The van der Waals surface area contributed by atoms with Crippen LogP contribution < -0.4 is 9.47 Å². The van der Waals surface area contributed by atoms with E-state index in [1.54, 1.807) is 12.1 Å². The average Bonchev–Trinajstić information content (AvgIpc) is 3.01. The van der Waals surface area contributed by atoms with Gasteiger partial charge in [-0.05, 0) is 34.8 Å². The van der Waals surface area contributed by atoms with Crippen LogP contribution >= 0.6 is 27.3 Å². The summed E-state index contributed by atoms with van der Waals surface area (Å²) in [7, 11) is 1.54. The fourth-order valence-electron chi connectivity index (χ4n) is 2.45. The molecule has 1 saturated heterocycles. The number of halogens is 1. The third-order valence-electron chi connectivity index (χ3n) is 3.56. The molecule has 8 heteroatoms. The lowest BCUT2D eigenvalue weighted by atomic mass is 10.1. The monoisotopic (exact) mass is 397 g/mol. The average molecular weight is 398 g/mol. The van der Waals surface area contributed by atoms with Crippen molar-refractivity contribution in [3.63, 3.8) is 0 Å². The molecule has 1 atom stereocenters. The molecule has 2 aromatic rings.